The Morgan fingerprint density at radius 3 is 3.17 bits per heavy atom. The molecule has 8 nitrogen and oxygen atoms in total. The highest BCUT2D eigenvalue weighted by Gasteiger charge is 2.18. The Labute approximate surface area is 132 Å². The third-order valence-corrected chi connectivity index (χ3v) is 3.55. The molecule has 0 aliphatic carbocycles. The molecule has 0 fully saturated rings. The number of aryl methyl sites for hydroxylation is 1. The van der Waals surface area contributed by atoms with Gasteiger partial charge in [0.15, 0.2) is 6.61 Å². The number of ether oxygens (including phenoxy) is 1. The highest BCUT2D eigenvalue weighted by atomic mass is 16.5. The van der Waals surface area contributed by atoms with Gasteiger partial charge in [-0.15, -0.1) is 0 Å². The van der Waals surface area contributed by atoms with Crippen molar-refractivity contribution in [2.75, 3.05) is 11.9 Å². The first-order valence-corrected chi connectivity index (χ1v) is 7.30. The van der Waals surface area contributed by atoms with E-state index in [4.69, 9.17) is 4.74 Å². The topological polar surface area (TPSA) is 98.1 Å². The van der Waals surface area contributed by atoms with Crippen molar-refractivity contribution in [2.45, 2.75) is 25.9 Å². The number of nitrogens with zero attached hydrogens (tertiary/aromatic N) is 3. The number of hydrogen-bond donors (Lipinski definition) is 2. The number of carbonyl (C=O) groups excluding carboxylic acids is 2. The number of carbonyl (C=O) groups is 2. The summed E-state index contributed by atoms with van der Waals surface area (Å²) in [5.41, 5.74) is 1.52. The largest absolute Gasteiger partial charge is 0.482 e. The van der Waals surface area contributed by atoms with Gasteiger partial charge in [-0.25, -0.2) is 4.98 Å². The van der Waals surface area contributed by atoms with Crippen LogP contribution in [0.4, 0.5) is 5.69 Å². The number of hydrogen-bond acceptors (Lipinski definition) is 5. The van der Waals surface area contributed by atoms with E-state index in [0.717, 1.165) is 5.56 Å². The molecule has 8 heteroatoms. The van der Waals surface area contributed by atoms with Gasteiger partial charge in [0.05, 0.1) is 18.3 Å². The molecule has 0 saturated heterocycles. The molecule has 2 amide bonds. The number of amides is 2. The van der Waals surface area contributed by atoms with E-state index >= 15 is 0 Å². The first-order valence-electron chi connectivity index (χ1n) is 7.30. The Hall–Kier alpha value is -2.90. The van der Waals surface area contributed by atoms with Gasteiger partial charge in [0.1, 0.15) is 18.4 Å². The van der Waals surface area contributed by atoms with Gasteiger partial charge < -0.3 is 15.4 Å². The Bertz CT molecular complexity index is 714. The van der Waals surface area contributed by atoms with Gasteiger partial charge in [0.2, 0.25) is 5.91 Å². The lowest BCUT2D eigenvalue weighted by atomic mass is 10.1. The molecule has 23 heavy (non-hydrogen) atoms. The third kappa shape index (κ3) is 3.65. The highest BCUT2D eigenvalue weighted by molar-refractivity contribution is 5.95. The van der Waals surface area contributed by atoms with Crippen LogP contribution in [0.1, 0.15) is 24.9 Å². The predicted octanol–water partition coefficient (Wildman–Crippen LogP) is 0.876. The average molecular weight is 315 g/mol. The van der Waals surface area contributed by atoms with Crippen LogP contribution >= 0.6 is 0 Å². The van der Waals surface area contributed by atoms with Gasteiger partial charge in [-0.1, -0.05) is 6.07 Å². The summed E-state index contributed by atoms with van der Waals surface area (Å²) in [7, 11) is 0. The number of nitrogens with one attached hydrogen (secondary N) is 2. The molecular weight excluding hydrogens is 298 g/mol. The molecule has 0 unspecified atom stereocenters. The summed E-state index contributed by atoms with van der Waals surface area (Å²) in [6, 6.07) is 5.30. The van der Waals surface area contributed by atoms with Crippen molar-refractivity contribution < 1.29 is 14.3 Å². The molecule has 1 aromatic carbocycles. The van der Waals surface area contributed by atoms with Crippen LogP contribution in [0.15, 0.2) is 30.9 Å². The maximum Gasteiger partial charge on any atom is 0.262 e. The van der Waals surface area contributed by atoms with Crippen molar-refractivity contribution in [2.24, 2.45) is 0 Å². The Kier molecular flexibility index (Phi) is 4.22. The average Bonchev–Trinajstić information content (AvgIpc) is 3.05. The van der Waals surface area contributed by atoms with E-state index in [1.54, 1.807) is 17.1 Å². The zero-order chi connectivity index (χ0) is 16.2. The smallest absolute Gasteiger partial charge is 0.262 e. The molecule has 0 radical (unpaired) electrons. The number of anilines is 1. The second kappa shape index (κ2) is 6.47. The molecule has 2 aromatic rings. The monoisotopic (exact) mass is 315 g/mol. The van der Waals surface area contributed by atoms with E-state index in [0.29, 0.717) is 24.4 Å². The molecular formula is C15H17N5O3. The first kappa shape index (κ1) is 15.0. The summed E-state index contributed by atoms with van der Waals surface area (Å²) in [5, 5.41) is 9.63. The van der Waals surface area contributed by atoms with Gasteiger partial charge in [-0.2, -0.15) is 5.10 Å². The normalized spacial score (nSPS) is 14.4. The fraction of sp³-hybridized carbons (Fsp3) is 0.333. The lowest BCUT2D eigenvalue weighted by molar-refractivity contribution is -0.122. The Morgan fingerprint density at radius 2 is 2.39 bits per heavy atom. The molecule has 1 aromatic heterocycles. The second-order valence-corrected chi connectivity index (χ2v) is 5.29. The zero-order valence-electron chi connectivity index (χ0n) is 12.7. The van der Waals surface area contributed by atoms with Crippen molar-refractivity contribution in [1.82, 2.24) is 20.1 Å². The number of aromatic nitrogens is 3. The molecule has 0 bridgehead atoms. The van der Waals surface area contributed by atoms with Crippen molar-refractivity contribution >= 4 is 17.5 Å². The first-order chi connectivity index (χ1) is 11.1. The van der Waals surface area contributed by atoms with Gasteiger partial charge in [-0.05, 0) is 24.6 Å². The Balaban J connectivity index is 1.59. The third-order valence-electron chi connectivity index (χ3n) is 3.55. The van der Waals surface area contributed by atoms with Crippen LogP contribution in [-0.4, -0.2) is 33.2 Å². The number of fused-ring (bicyclic) bond motifs is 1. The summed E-state index contributed by atoms with van der Waals surface area (Å²) in [4.78, 5) is 27.2. The minimum absolute atomic E-state index is 0.0287. The standard InChI is InChI=1S/C15H17N5O3/c1-10(18-14(21)4-5-20-9-16-8-17-20)11-2-3-13-12(6-11)19-15(22)7-23-13/h2-3,6,8-10H,4-5,7H2,1H3,(H,18,21)(H,19,22)/t10-/m1/s1. The molecule has 2 N–H and O–H groups in total. The van der Waals surface area contributed by atoms with E-state index in [1.807, 2.05) is 19.1 Å². The van der Waals surface area contributed by atoms with Crippen LogP contribution in [0.5, 0.6) is 5.75 Å². The van der Waals surface area contributed by atoms with Gasteiger partial charge in [-0.3, -0.25) is 14.3 Å². The van der Waals surface area contributed by atoms with Crippen molar-refractivity contribution in [3.8, 4) is 5.75 Å². The molecule has 3 rings (SSSR count). The second-order valence-electron chi connectivity index (χ2n) is 5.29. The van der Waals surface area contributed by atoms with Crippen LogP contribution in [-0.2, 0) is 16.1 Å². The summed E-state index contributed by atoms with van der Waals surface area (Å²) in [5.74, 6) is 0.378. The van der Waals surface area contributed by atoms with Crippen molar-refractivity contribution in [1.29, 1.82) is 0 Å². The van der Waals surface area contributed by atoms with Crippen LogP contribution in [0.2, 0.25) is 0 Å². The maximum absolute atomic E-state index is 12.0. The summed E-state index contributed by atoms with van der Waals surface area (Å²) < 4.78 is 6.92. The maximum atomic E-state index is 12.0. The minimum Gasteiger partial charge on any atom is -0.482 e. The van der Waals surface area contributed by atoms with E-state index in [1.165, 1.54) is 6.33 Å². The minimum atomic E-state index is -0.181. The van der Waals surface area contributed by atoms with Gasteiger partial charge in [0.25, 0.3) is 5.91 Å². The molecule has 0 saturated carbocycles. The summed E-state index contributed by atoms with van der Waals surface area (Å²) in [6.45, 7) is 2.40. The van der Waals surface area contributed by atoms with Gasteiger partial charge >= 0.3 is 0 Å². The van der Waals surface area contributed by atoms with Crippen LogP contribution in [0, 0.1) is 0 Å². The molecule has 1 aliphatic rings. The van der Waals surface area contributed by atoms with Crippen molar-refractivity contribution in [3.63, 3.8) is 0 Å². The van der Waals surface area contributed by atoms with E-state index in [2.05, 4.69) is 20.7 Å². The van der Waals surface area contributed by atoms with E-state index in [9.17, 15) is 9.59 Å². The summed E-state index contributed by atoms with van der Waals surface area (Å²) in [6.07, 6.45) is 3.32. The van der Waals surface area contributed by atoms with Crippen LogP contribution in [0.25, 0.3) is 0 Å². The Morgan fingerprint density at radius 1 is 1.52 bits per heavy atom. The predicted molar refractivity (Wildman–Crippen MR) is 81.8 cm³/mol. The number of rotatable bonds is 5. The van der Waals surface area contributed by atoms with Gasteiger partial charge in [0, 0.05) is 6.42 Å². The zero-order valence-corrected chi connectivity index (χ0v) is 12.7. The molecule has 1 atom stereocenters. The quantitative estimate of drug-likeness (QED) is 0.853. The fourth-order valence-electron chi connectivity index (χ4n) is 2.33. The highest BCUT2D eigenvalue weighted by Crippen LogP contribution is 2.30. The fourth-order valence-corrected chi connectivity index (χ4v) is 2.33. The van der Waals surface area contributed by atoms with E-state index < -0.39 is 0 Å². The van der Waals surface area contributed by atoms with Crippen LogP contribution in [0.3, 0.4) is 0 Å². The van der Waals surface area contributed by atoms with Crippen LogP contribution < -0.4 is 15.4 Å². The molecule has 120 valence electrons. The molecule has 1 aliphatic heterocycles. The van der Waals surface area contributed by atoms with Crippen molar-refractivity contribution in [3.05, 3.63) is 36.4 Å². The summed E-state index contributed by atoms with van der Waals surface area (Å²) >= 11 is 0. The number of benzene rings is 1. The lowest BCUT2D eigenvalue weighted by Gasteiger charge is -2.21. The molecule has 2 heterocycles. The SMILES string of the molecule is C[C@@H](NC(=O)CCn1cncn1)c1ccc2c(c1)NC(=O)CO2. The molecule has 0 spiro atoms. The lowest BCUT2D eigenvalue weighted by Crippen LogP contribution is -2.28. The van der Waals surface area contributed by atoms with E-state index in [-0.39, 0.29) is 24.5 Å².